The van der Waals surface area contributed by atoms with Crippen LogP contribution in [0, 0.1) is 0 Å². The Kier molecular flexibility index (Phi) is 7.15. The smallest absolute Gasteiger partial charge is 0.338 e. The summed E-state index contributed by atoms with van der Waals surface area (Å²) in [4.78, 5) is 44.9. The van der Waals surface area contributed by atoms with Crippen LogP contribution in [0.1, 0.15) is 37.0 Å². The first-order chi connectivity index (χ1) is 14.9. The van der Waals surface area contributed by atoms with Crippen LogP contribution in [0.25, 0.3) is 10.9 Å². The summed E-state index contributed by atoms with van der Waals surface area (Å²) < 4.78 is 5.16. The number of quaternary nitrogens is 1. The molecule has 1 aromatic heterocycles. The number of likely N-dealkylation sites (N-methyl/N-ethyl adjacent to an activating group) is 1. The van der Waals surface area contributed by atoms with Gasteiger partial charge in [-0.1, -0.05) is 12.1 Å². The molecule has 8 heteroatoms. The second-order valence-corrected chi connectivity index (χ2v) is 7.57. The van der Waals surface area contributed by atoms with Gasteiger partial charge in [-0.2, -0.15) is 0 Å². The first kappa shape index (κ1) is 22.2. The van der Waals surface area contributed by atoms with E-state index in [1.165, 1.54) is 0 Å². The quantitative estimate of drug-likeness (QED) is 0.477. The zero-order valence-electron chi connectivity index (χ0n) is 17.9. The number of nitrogens with one attached hydrogen (secondary N) is 3. The highest BCUT2D eigenvalue weighted by Gasteiger charge is 2.16. The van der Waals surface area contributed by atoms with E-state index in [0.717, 1.165) is 4.90 Å². The van der Waals surface area contributed by atoms with Crippen molar-refractivity contribution >= 4 is 28.5 Å². The molecule has 1 atom stereocenters. The van der Waals surface area contributed by atoms with E-state index in [0.29, 0.717) is 41.1 Å². The van der Waals surface area contributed by atoms with Gasteiger partial charge in [0.2, 0.25) is 0 Å². The molecule has 0 aliphatic rings. The molecule has 0 aliphatic heterocycles. The van der Waals surface area contributed by atoms with Crippen LogP contribution in [0.5, 0.6) is 0 Å². The summed E-state index contributed by atoms with van der Waals surface area (Å²) in [6, 6.07) is 13.7. The summed E-state index contributed by atoms with van der Waals surface area (Å²) in [6.45, 7) is 6.86. The third-order valence-electron chi connectivity index (χ3n) is 4.74. The number of hydrogen-bond donors (Lipinski definition) is 3. The number of benzene rings is 2. The fraction of sp³-hybridized carbons (Fsp3) is 0.304. The van der Waals surface area contributed by atoms with Crippen molar-refractivity contribution in [3.8, 4) is 0 Å². The minimum Gasteiger partial charge on any atom is -0.459 e. The minimum atomic E-state index is -0.397. The molecule has 0 aliphatic carbocycles. The number of nitrogens with zero attached hydrogens (tertiary/aromatic N) is 1. The maximum absolute atomic E-state index is 12.5. The number of aromatic amines is 1. The fourth-order valence-electron chi connectivity index (χ4n) is 3.17. The molecule has 3 rings (SSSR count). The number of carbonyl (C=O) groups is 2. The van der Waals surface area contributed by atoms with Crippen LogP contribution in [-0.2, 0) is 16.1 Å². The van der Waals surface area contributed by atoms with E-state index in [-0.39, 0.29) is 24.1 Å². The van der Waals surface area contributed by atoms with E-state index < -0.39 is 5.97 Å². The first-order valence-corrected chi connectivity index (χ1v) is 10.3. The van der Waals surface area contributed by atoms with Crippen LogP contribution in [0.15, 0.2) is 53.3 Å². The van der Waals surface area contributed by atoms with Crippen molar-refractivity contribution in [3.63, 3.8) is 0 Å². The van der Waals surface area contributed by atoms with Gasteiger partial charge in [-0.05, 0) is 57.2 Å². The van der Waals surface area contributed by atoms with E-state index in [1.54, 1.807) is 56.3 Å². The van der Waals surface area contributed by atoms with Crippen molar-refractivity contribution in [2.24, 2.45) is 0 Å². The molecule has 1 heterocycles. The predicted molar refractivity (Wildman–Crippen MR) is 118 cm³/mol. The average molecular weight is 423 g/mol. The lowest BCUT2D eigenvalue weighted by Crippen LogP contribution is -3.11. The largest absolute Gasteiger partial charge is 0.459 e. The number of rotatable bonds is 8. The topological polar surface area (TPSA) is 106 Å². The highest BCUT2D eigenvalue weighted by atomic mass is 16.5. The Morgan fingerprint density at radius 2 is 1.84 bits per heavy atom. The van der Waals surface area contributed by atoms with Crippen LogP contribution < -0.4 is 15.8 Å². The molecule has 0 radical (unpaired) electrons. The van der Waals surface area contributed by atoms with Gasteiger partial charge in [0, 0.05) is 5.69 Å². The third kappa shape index (κ3) is 5.99. The van der Waals surface area contributed by atoms with E-state index in [9.17, 15) is 14.4 Å². The molecular formula is C23H27N4O4+. The van der Waals surface area contributed by atoms with Crippen LogP contribution in [0.4, 0.5) is 5.69 Å². The number of amides is 1. The van der Waals surface area contributed by atoms with E-state index in [4.69, 9.17) is 4.74 Å². The number of anilines is 1. The highest BCUT2D eigenvalue weighted by molar-refractivity contribution is 5.93. The monoisotopic (exact) mass is 423 g/mol. The Hall–Kier alpha value is -3.52. The van der Waals surface area contributed by atoms with Crippen LogP contribution in [0.2, 0.25) is 0 Å². The lowest BCUT2D eigenvalue weighted by Gasteiger charge is -2.17. The van der Waals surface area contributed by atoms with Crippen LogP contribution in [0.3, 0.4) is 0 Å². The molecule has 0 saturated heterocycles. The third-order valence-corrected chi connectivity index (χ3v) is 4.74. The maximum atomic E-state index is 12.5. The first-order valence-electron chi connectivity index (χ1n) is 10.3. The molecular weight excluding hydrogens is 396 g/mol. The van der Waals surface area contributed by atoms with Gasteiger partial charge in [-0.25, -0.2) is 9.78 Å². The summed E-state index contributed by atoms with van der Waals surface area (Å²) in [5.74, 6) is -0.0229. The summed E-state index contributed by atoms with van der Waals surface area (Å²) >= 11 is 0. The van der Waals surface area contributed by atoms with Gasteiger partial charge < -0.3 is 19.9 Å². The predicted octanol–water partition coefficient (Wildman–Crippen LogP) is 1.53. The molecule has 0 saturated carbocycles. The number of fused-ring (bicyclic) bond motifs is 1. The van der Waals surface area contributed by atoms with Crippen molar-refractivity contribution in [3.05, 3.63) is 70.3 Å². The van der Waals surface area contributed by atoms with E-state index >= 15 is 0 Å². The number of aromatic nitrogens is 2. The van der Waals surface area contributed by atoms with Crippen molar-refractivity contribution in [2.75, 3.05) is 18.4 Å². The van der Waals surface area contributed by atoms with Gasteiger partial charge in [-0.15, -0.1) is 0 Å². The van der Waals surface area contributed by atoms with E-state index in [1.807, 2.05) is 13.0 Å². The highest BCUT2D eigenvalue weighted by Crippen LogP contribution is 2.11. The van der Waals surface area contributed by atoms with Gasteiger partial charge in [0.05, 0.1) is 29.1 Å². The second kappa shape index (κ2) is 9.99. The second-order valence-electron chi connectivity index (χ2n) is 7.57. The number of carbonyl (C=O) groups excluding carboxylic acids is 2. The molecule has 1 unspecified atom stereocenters. The standard InChI is InChI=1S/C23H26N4O4/c1-4-27(13-20-25-19-8-6-5-7-18(19)22(29)26-20)14-21(28)24-17-11-9-16(10-12-17)23(30)31-15(2)3/h5-12,15H,4,13-14H2,1-3H3,(H,24,28)(H,25,26,29)/p+1. The Morgan fingerprint density at radius 3 is 2.52 bits per heavy atom. The molecule has 31 heavy (non-hydrogen) atoms. The molecule has 2 aromatic carbocycles. The molecule has 3 aromatic rings. The Morgan fingerprint density at radius 1 is 1.13 bits per heavy atom. The summed E-state index contributed by atoms with van der Waals surface area (Å²) in [6.07, 6.45) is -0.193. The molecule has 162 valence electrons. The molecule has 0 bridgehead atoms. The number of para-hydroxylation sites is 1. The van der Waals surface area contributed by atoms with Crippen molar-refractivity contribution in [1.29, 1.82) is 0 Å². The van der Waals surface area contributed by atoms with Crippen LogP contribution in [-0.4, -0.2) is 41.0 Å². The van der Waals surface area contributed by atoms with Gasteiger partial charge in [-0.3, -0.25) is 9.59 Å². The SMILES string of the molecule is CC[NH+](CC(=O)Nc1ccc(C(=O)OC(C)C)cc1)Cc1nc2ccccc2c(=O)[nH]1. The zero-order chi connectivity index (χ0) is 22.4. The van der Waals surface area contributed by atoms with Crippen molar-refractivity contribution in [1.82, 2.24) is 9.97 Å². The summed E-state index contributed by atoms with van der Waals surface area (Å²) in [7, 11) is 0. The zero-order valence-corrected chi connectivity index (χ0v) is 17.9. The number of ether oxygens (including phenoxy) is 1. The van der Waals surface area contributed by atoms with E-state index in [2.05, 4.69) is 15.3 Å². The van der Waals surface area contributed by atoms with Crippen LogP contribution >= 0.6 is 0 Å². The Bertz CT molecular complexity index is 1120. The molecule has 0 fully saturated rings. The Labute approximate surface area is 180 Å². The van der Waals surface area contributed by atoms with Crippen molar-refractivity contribution in [2.45, 2.75) is 33.4 Å². The normalized spacial score (nSPS) is 12.0. The van der Waals surface area contributed by atoms with Crippen molar-refractivity contribution < 1.29 is 19.2 Å². The molecule has 1 amide bonds. The maximum Gasteiger partial charge on any atom is 0.338 e. The summed E-state index contributed by atoms with van der Waals surface area (Å²) in [5, 5.41) is 3.38. The van der Waals surface area contributed by atoms with Gasteiger partial charge in [0.25, 0.3) is 11.5 Å². The lowest BCUT2D eigenvalue weighted by molar-refractivity contribution is -0.904. The number of H-pyrrole nitrogens is 1. The number of esters is 1. The Balaban J connectivity index is 1.61. The van der Waals surface area contributed by atoms with Gasteiger partial charge in [0.15, 0.2) is 12.4 Å². The molecule has 3 N–H and O–H groups in total. The molecule has 0 spiro atoms. The van der Waals surface area contributed by atoms with Gasteiger partial charge in [0.1, 0.15) is 6.54 Å². The number of hydrogen-bond acceptors (Lipinski definition) is 5. The average Bonchev–Trinajstić information content (AvgIpc) is 2.73. The lowest BCUT2D eigenvalue weighted by atomic mass is 10.2. The van der Waals surface area contributed by atoms with Gasteiger partial charge >= 0.3 is 5.97 Å². The summed E-state index contributed by atoms with van der Waals surface area (Å²) in [5.41, 5.74) is 1.48. The fourth-order valence-corrected chi connectivity index (χ4v) is 3.17. The minimum absolute atomic E-state index is 0.169. The molecule has 8 nitrogen and oxygen atoms in total.